The molecule has 0 aliphatic rings. The van der Waals surface area contributed by atoms with Crippen LogP contribution in [0.25, 0.3) is 0 Å². The van der Waals surface area contributed by atoms with Crippen molar-refractivity contribution in [1.82, 2.24) is 0 Å². The fourth-order valence-electron chi connectivity index (χ4n) is 2.11. The van der Waals surface area contributed by atoms with E-state index in [1.54, 1.807) is 36.4 Å². The second-order valence-corrected chi connectivity index (χ2v) is 8.00. The number of carboxylic acid groups (broad SMARTS) is 2. The molecule has 0 spiro atoms. The van der Waals surface area contributed by atoms with Gasteiger partial charge in [-0.2, -0.15) is 0 Å². The Hall–Kier alpha value is -1.76. The van der Waals surface area contributed by atoms with Gasteiger partial charge in [0, 0.05) is 11.1 Å². The van der Waals surface area contributed by atoms with Gasteiger partial charge in [-0.15, -0.1) is 0 Å². The predicted molar refractivity (Wildman–Crippen MR) is 108 cm³/mol. The molecule has 0 heterocycles. The quantitative estimate of drug-likeness (QED) is 0.694. The number of rotatable bonds is 4. The molecular weight excluding hydrogens is 400 g/mol. The number of aromatic carboxylic acids is 2. The van der Waals surface area contributed by atoms with E-state index in [0.717, 1.165) is 0 Å². The molecular formula is C22H26CaO6. The van der Waals surface area contributed by atoms with Gasteiger partial charge in [0.15, 0.2) is 0 Å². The van der Waals surface area contributed by atoms with Crippen molar-refractivity contribution < 1.29 is 29.3 Å². The average Bonchev–Trinajstić information content (AvgIpc) is 2.53. The van der Waals surface area contributed by atoms with Crippen LogP contribution in [0.15, 0.2) is 48.5 Å². The van der Waals surface area contributed by atoms with Gasteiger partial charge in [0.1, 0.15) is 22.7 Å². The summed E-state index contributed by atoms with van der Waals surface area (Å²) in [5.41, 5.74) is -0.651. The molecule has 0 aliphatic carbocycles. The Balaban J connectivity index is 0.000000523. The Morgan fingerprint density at radius 3 is 1.17 bits per heavy atom. The van der Waals surface area contributed by atoms with Crippen molar-refractivity contribution in [3.8, 4) is 11.5 Å². The van der Waals surface area contributed by atoms with Crippen LogP contribution >= 0.6 is 0 Å². The monoisotopic (exact) mass is 426 g/mol. The molecule has 0 saturated heterocycles. The summed E-state index contributed by atoms with van der Waals surface area (Å²) in [5.74, 6) is -1.74. The minimum Gasteiger partial charge on any atom is -0.545 e. The van der Waals surface area contributed by atoms with E-state index in [1.165, 1.54) is 12.1 Å². The Labute approximate surface area is 201 Å². The van der Waals surface area contributed by atoms with Crippen molar-refractivity contribution in [2.45, 2.75) is 52.7 Å². The van der Waals surface area contributed by atoms with Crippen LogP contribution in [0, 0.1) is 0 Å². The van der Waals surface area contributed by atoms with Crippen molar-refractivity contribution >= 4 is 49.7 Å². The van der Waals surface area contributed by atoms with Gasteiger partial charge >= 0.3 is 37.7 Å². The maximum atomic E-state index is 10.7. The minimum atomic E-state index is -1.22. The van der Waals surface area contributed by atoms with E-state index in [2.05, 4.69) is 0 Å². The van der Waals surface area contributed by atoms with Gasteiger partial charge in [-0.05, 0) is 65.8 Å². The van der Waals surface area contributed by atoms with Crippen LogP contribution in [0.2, 0.25) is 0 Å². The van der Waals surface area contributed by atoms with Crippen LogP contribution in [-0.4, -0.2) is 60.9 Å². The smallest absolute Gasteiger partial charge is 0.545 e. The van der Waals surface area contributed by atoms with E-state index in [1.807, 2.05) is 41.5 Å². The molecule has 7 heteroatoms. The Bertz CT molecular complexity index is 749. The Morgan fingerprint density at radius 2 is 0.931 bits per heavy atom. The summed E-state index contributed by atoms with van der Waals surface area (Å²) < 4.78 is 10.9. The van der Waals surface area contributed by atoms with E-state index in [4.69, 9.17) is 9.47 Å². The number of hydrogen-bond acceptors (Lipinski definition) is 6. The molecule has 0 N–H and O–H groups in total. The molecule has 0 unspecified atom stereocenters. The molecule has 0 saturated carbocycles. The third kappa shape index (κ3) is 10.5. The normalized spacial score (nSPS) is 10.7. The van der Waals surface area contributed by atoms with Gasteiger partial charge in [-0.3, -0.25) is 0 Å². The topological polar surface area (TPSA) is 98.7 Å². The molecule has 2 rings (SSSR count). The van der Waals surface area contributed by atoms with Crippen molar-refractivity contribution in [1.29, 1.82) is 0 Å². The fourth-order valence-corrected chi connectivity index (χ4v) is 2.11. The summed E-state index contributed by atoms with van der Waals surface area (Å²) in [6, 6.07) is 12.9. The zero-order chi connectivity index (χ0) is 21.5. The Morgan fingerprint density at radius 1 is 0.655 bits per heavy atom. The van der Waals surface area contributed by atoms with Crippen LogP contribution in [-0.2, 0) is 0 Å². The molecule has 0 radical (unpaired) electrons. The van der Waals surface area contributed by atoms with Crippen molar-refractivity contribution in [3.63, 3.8) is 0 Å². The van der Waals surface area contributed by atoms with Crippen LogP contribution in [0.5, 0.6) is 11.5 Å². The van der Waals surface area contributed by atoms with Crippen molar-refractivity contribution in [3.05, 3.63) is 59.7 Å². The summed E-state index contributed by atoms with van der Waals surface area (Å²) in [4.78, 5) is 21.4. The standard InChI is InChI=1S/2C11H14O3.Ca/c2*1-11(2,3)14-9-7-5-4-6-8(9)10(12)13;/h2*4-7H,1-3H3,(H,12,13);/q;;+2/p-2. The first-order chi connectivity index (χ1) is 12.8. The summed E-state index contributed by atoms with van der Waals surface area (Å²) >= 11 is 0. The maximum absolute atomic E-state index is 10.7. The third-order valence-electron chi connectivity index (χ3n) is 3.05. The van der Waals surface area contributed by atoms with Gasteiger partial charge < -0.3 is 29.3 Å². The predicted octanol–water partition coefficient (Wildman–Crippen LogP) is 2.07. The summed E-state index contributed by atoms with van der Waals surface area (Å²) in [6.45, 7) is 11.2. The average molecular weight is 427 g/mol. The van der Waals surface area contributed by atoms with E-state index >= 15 is 0 Å². The first-order valence-electron chi connectivity index (χ1n) is 8.79. The second-order valence-electron chi connectivity index (χ2n) is 8.00. The van der Waals surface area contributed by atoms with Crippen LogP contribution in [0.4, 0.5) is 0 Å². The fraction of sp³-hybridized carbons (Fsp3) is 0.364. The van der Waals surface area contributed by atoms with E-state index < -0.39 is 23.1 Å². The third-order valence-corrected chi connectivity index (χ3v) is 3.05. The molecule has 29 heavy (non-hydrogen) atoms. The maximum Gasteiger partial charge on any atom is 2.00 e. The molecule has 6 nitrogen and oxygen atoms in total. The van der Waals surface area contributed by atoms with Crippen LogP contribution in [0.1, 0.15) is 62.3 Å². The SMILES string of the molecule is CC(C)(C)Oc1ccccc1C(=O)[O-].CC(C)(C)Oc1ccccc1C(=O)[O-].[Ca+2]. The molecule has 0 amide bonds. The molecule has 152 valence electrons. The van der Waals surface area contributed by atoms with Gasteiger partial charge in [0.25, 0.3) is 0 Å². The number of hydrogen-bond donors (Lipinski definition) is 0. The van der Waals surface area contributed by atoms with Gasteiger partial charge in [0.2, 0.25) is 0 Å². The number of carboxylic acids is 2. The zero-order valence-corrected chi connectivity index (χ0v) is 20.0. The molecule has 2 aromatic rings. The van der Waals surface area contributed by atoms with Gasteiger partial charge in [0.05, 0.1) is 11.9 Å². The molecule has 2 aromatic carbocycles. The summed E-state index contributed by atoms with van der Waals surface area (Å²) in [5, 5.41) is 21.4. The Kier molecular flexibility index (Phi) is 10.7. The number of ether oxygens (including phenoxy) is 2. The zero-order valence-electron chi connectivity index (χ0n) is 17.8. The molecule has 0 bridgehead atoms. The van der Waals surface area contributed by atoms with Crippen molar-refractivity contribution in [2.75, 3.05) is 0 Å². The number of carbonyl (C=O) groups is 2. The first kappa shape index (κ1) is 27.2. The first-order valence-corrected chi connectivity index (χ1v) is 8.79. The molecule has 0 aliphatic heterocycles. The van der Waals surface area contributed by atoms with Gasteiger partial charge in [-0.25, -0.2) is 0 Å². The largest absolute Gasteiger partial charge is 2.00 e. The van der Waals surface area contributed by atoms with Crippen LogP contribution < -0.4 is 19.7 Å². The van der Waals surface area contributed by atoms with E-state index in [0.29, 0.717) is 11.5 Å². The summed E-state index contributed by atoms with van der Waals surface area (Å²) in [7, 11) is 0. The van der Waals surface area contributed by atoms with E-state index in [-0.39, 0.29) is 48.9 Å². The second kappa shape index (κ2) is 11.4. The number of para-hydroxylation sites is 2. The van der Waals surface area contributed by atoms with E-state index in [9.17, 15) is 19.8 Å². The number of benzene rings is 2. The number of carbonyl (C=O) groups excluding carboxylic acids is 2. The van der Waals surface area contributed by atoms with Gasteiger partial charge in [-0.1, -0.05) is 24.3 Å². The van der Waals surface area contributed by atoms with Crippen LogP contribution in [0.3, 0.4) is 0 Å². The molecule has 0 fully saturated rings. The molecule has 0 atom stereocenters. The summed E-state index contributed by atoms with van der Waals surface area (Å²) in [6.07, 6.45) is 0. The molecule has 0 aromatic heterocycles. The minimum absolute atomic E-state index is 0. The van der Waals surface area contributed by atoms with Crippen molar-refractivity contribution in [2.24, 2.45) is 0 Å².